The van der Waals surface area contributed by atoms with Gasteiger partial charge in [0.05, 0.1) is 25.4 Å². The van der Waals surface area contributed by atoms with Gasteiger partial charge >= 0.3 is 5.97 Å². The number of aliphatic hydroxyl groups is 2. The molecule has 0 aromatic heterocycles. The normalized spacial score (nSPS) is 12.8. The first-order valence-electron chi connectivity index (χ1n) is 22.5. The molecular formula is C45H87NO5. The molecular weight excluding hydrogens is 634 g/mol. The summed E-state index contributed by atoms with van der Waals surface area (Å²) in [5.41, 5.74) is 0. The van der Waals surface area contributed by atoms with E-state index in [0.29, 0.717) is 19.4 Å². The number of aliphatic hydroxyl groups excluding tert-OH is 2. The fourth-order valence-corrected chi connectivity index (χ4v) is 6.81. The Bertz CT molecular complexity index is 757. The Balaban J connectivity index is 3.47. The molecule has 0 saturated carbocycles. The highest BCUT2D eigenvalue weighted by Crippen LogP contribution is 2.15. The fourth-order valence-electron chi connectivity index (χ4n) is 6.81. The van der Waals surface area contributed by atoms with Crippen molar-refractivity contribution in [3.05, 3.63) is 12.2 Å². The molecule has 0 rings (SSSR count). The summed E-state index contributed by atoms with van der Waals surface area (Å²) in [5.74, 6) is -0.112. The zero-order valence-electron chi connectivity index (χ0n) is 34.1. The summed E-state index contributed by atoms with van der Waals surface area (Å²) in [4.78, 5) is 24.3. The molecule has 302 valence electrons. The summed E-state index contributed by atoms with van der Waals surface area (Å²) in [5, 5.41) is 22.8. The lowest BCUT2D eigenvalue weighted by molar-refractivity contribution is -0.143. The number of hydrogen-bond donors (Lipinski definition) is 3. The molecule has 0 radical (unpaired) electrons. The Labute approximate surface area is 317 Å². The van der Waals surface area contributed by atoms with Gasteiger partial charge in [0, 0.05) is 12.8 Å². The average Bonchev–Trinajstić information content (AvgIpc) is 3.13. The van der Waals surface area contributed by atoms with Crippen LogP contribution in [0.4, 0.5) is 0 Å². The van der Waals surface area contributed by atoms with Crippen LogP contribution in [0.15, 0.2) is 12.2 Å². The Morgan fingerprint density at radius 3 is 1.33 bits per heavy atom. The van der Waals surface area contributed by atoms with Crippen molar-refractivity contribution in [2.75, 3.05) is 13.2 Å². The minimum Gasteiger partial charge on any atom is -0.466 e. The molecule has 6 heteroatoms. The number of carbonyl (C=O) groups is 2. The summed E-state index contributed by atoms with van der Waals surface area (Å²) < 4.78 is 5.44. The van der Waals surface area contributed by atoms with E-state index in [1.165, 1.54) is 154 Å². The quantitative estimate of drug-likeness (QED) is 0.0332. The summed E-state index contributed by atoms with van der Waals surface area (Å²) in [6.45, 7) is 4.82. The molecule has 0 heterocycles. The number of carbonyl (C=O) groups excluding carboxylic acids is 2. The molecule has 0 saturated heterocycles. The third kappa shape index (κ3) is 38.1. The molecule has 51 heavy (non-hydrogen) atoms. The van der Waals surface area contributed by atoms with E-state index >= 15 is 0 Å². The van der Waals surface area contributed by atoms with Gasteiger partial charge in [-0.3, -0.25) is 9.59 Å². The van der Waals surface area contributed by atoms with Crippen LogP contribution >= 0.6 is 0 Å². The van der Waals surface area contributed by atoms with Crippen molar-refractivity contribution in [2.24, 2.45) is 0 Å². The standard InChI is InChI=1S/C45H87NO5/c1-3-5-7-9-11-13-14-15-16-17-18-23-27-31-35-39-45(50)51-40-36-32-28-24-20-19-22-26-30-34-38-44(49)46-42(41-47)43(48)37-33-29-25-21-12-10-8-6-4-2/h33,37,42-43,47-48H,3-32,34-36,38-41H2,1-2H3,(H,46,49)/b37-33+. The molecule has 0 bridgehead atoms. The minimum atomic E-state index is -0.855. The third-order valence-corrected chi connectivity index (χ3v) is 10.3. The largest absolute Gasteiger partial charge is 0.466 e. The molecule has 0 aromatic rings. The molecule has 0 fully saturated rings. The van der Waals surface area contributed by atoms with Gasteiger partial charge in [-0.2, -0.15) is 0 Å². The van der Waals surface area contributed by atoms with Crippen molar-refractivity contribution < 1.29 is 24.5 Å². The number of ether oxygens (including phenoxy) is 1. The van der Waals surface area contributed by atoms with Crippen molar-refractivity contribution in [1.29, 1.82) is 0 Å². The molecule has 6 nitrogen and oxygen atoms in total. The molecule has 0 spiro atoms. The molecule has 0 aliphatic heterocycles. The van der Waals surface area contributed by atoms with Crippen LogP contribution in [0.2, 0.25) is 0 Å². The van der Waals surface area contributed by atoms with Gasteiger partial charge < -0.3 is 20.3 Å². The molecule has 0 aliphatic rings. The first kappa shape index (κ1) is 49.6. The number of nitrogens with one attached hydrogen (secondary N) is 1. The van der Waals surface area contributed by atoms with Crippen molar-refractivity contribution in [1.82, 2.24) is 5.32 Å². The number of unbranched alkanes of at least 4 members (excludes halogenated alkanes) is 30. The predicted molar refractivity (Wildman–Crippen MR) is 218 cm³/mol. The molecule has 0 aliphatic carbocycles. The first-order valence-corrected chi connectivity index (χ1v) is 22.5. The minimum absolute atomic E-state index is 0.0190. The third-order valence-electron chi connectivity index (χ3n) is 10.3. The Kier molecular flexibility index (Phi) is 40.2. The zero-order valence-corrected chi connectivity index (χ0v) is 34.1. The van der Waals surface area contributed by atoms with Gasteiger partial charge in [0.15, 0.2) is 0 Å². The number of amides is 1. The van der Waals surface area contributed by atoms with E-state index in [4.69, 9.17) is 4.74 Å². The Morgan fingerprint density at radius 1 is 0.529 bits per heavy atom. The monoisotopic (exact) mass is 722 g/mol. The van der Waals surface area contributed by atoms with Crippen molar-refractivity contribution in [3.8, 4) is 0 Å². The second-order valence-electron chi connectivity index (χ2n) is 15.4. The highest BCUT2D eigenvalue weighted by atomic mass is 16.5. The van der Waals surface area contributed by atoms with E-state index in [1.807, 2.05) is 6.08 Å². The molecule has 1 amide bonds. The van der Waals surface area contributed by atoms with Crippen molar-refractivity contribution in [2.45, 2.75) is 251 Å². The zero-order chi connectivity index (χ0) is 37.3. The van der Waals surface area contributed by atoms with E-state index < -0.39 is 12.1 Å². The van der Waals surface area contributed by atoms with E-state index in [2.05, 4.69) is 19.2 Å². The fraction of sp³-hybridized carbons (Fsp3) is 0.911. The number of allylic oxidation sites excluding steroid dienone is 1. The van der Waals surface area contributed by atoms with Gasteiger partial charge in [0.1, 0.15) is 0 Å². The van der Waals surface area contributed by atoms with Crippen LogP contribution < -0.4 is 5.32 Å². The van der Waals surface area contributed by atoms with Crippen LogP contribution in [0.5, 0.6) is 0 Å². The first-order chi connectivity index (χ1) is 25.0. The molecule has 2 atom stereocenters. The van der Waals surface area contributed by atoms with Crippen molar-refractivity contribution >= 4 is 11.9 Å². The summed E-state index contributed by atoms with van der Waals surface area (Å²) in [6.07, 6.45) is 44.8. The summed E-state index contributed by atoms with van der Waals surface area (Å²) in [6, 6.07) is -0.640. The van der Waals surface area contributed by atoms with Gasteiger partial charge in [0.2, 0.25) is 5.91 Å². The van der Waals surface area contributed by atoms with E-state index in [9.17, 15) is 19.8 Å². The lowest BCUT2D eigenvalue weighted by Crippen LogP contribution is -2.45. The van der Waals surface area contributed by atoms with Crippen LogP contribution in [0, 0.1) is 0 Å². The summed E-state index contributed by atoms with van der Waals surface area (Å²) >= 11 is 0. The van der Waals surface area contributed by atoms with Crippen molar-refractivity contribution in [3.63, 3.8) is 0 Å². The number of hydrogen-bond acceptors (Lipinski definition) is 5. The Hall–Kier alpha value is -1.40. The molecule has 0 aromatic carbocycles. The number of rotatable bonds is 41. The summed E-state index contributed by atoms with van der Waals surface area (Å²) in [7, 11) is 0. The Morgan fingerprint density at radius 2 is 0.902 bits per heavy atom. The van der Waals surface area contributed by atoms with E-state index in [0.717, 1.165) is 57.8 Å². The van der Waals surface area contributed by atoms with Gasteiger partial charge in [-0.25, -0.2) is 0 Å². The number of esters is 1. The van der Waals surface area contributed by atoms with Gasteiger partial charge in [-0.1, -0.05) is 206 Å². The SMILES string of the molecule is CCCCCCCCC/C=C/C(O)C(CO)NC(=O)CCCCCCCCCCCCOC(=O)CCCCCCCCCCCCCCCCC. The highest BCUT2D eigenvalue weighted by Gasteiger charge is 2.18. The maximum Gasteiger partial charge on any atom is 0.305 e. The average molecular weight is 722 g/mol. The topological polar surface area (TPSA) is 95.9 Å². The maximum absolute atomic E-state index is 12.3. The van der Waals surface area contributed by atoms with Crippen LogP contribution in [0.3, 0.4) is 0 Å². The lowest BCUT2D eigenvalue weighted by atomic mass is 10.0. The van der Waals surface area contributed by atoms with Gasteiger partial charge in [-0.05, 0) is 32.1 Å². The lowest BCUT2D eigenvalue weighted by Gasteiger charge is -2.20. The van der Waals surface area contributed by atoms with Crippen LogP contribution in [-0.2, 0) is 14.3 Å². The molecule has 3 N–H and O–H groups in total. The highest BCUT2D eigenvalue weighted by molar-refractivity contribution is 5.76. The van der Waals surface area contributed by atoms with E-state index in [1.54, 1.807) is 6.08 Å². The van der Waals surface area contributed by atoms with Crippen LogP contribution in [0.1, 0.15) is 239 Å². The maximum atomic E-state index is 12.3. The smallest absolute Gasteiger partial charge is 0.305 e. The van der Waals surface area contributed by atoms with Gasteiger partial charge in [0.25, 0.3) is 0 Å². The molecule has 2 unspecified atom stereocenters. The van der Waals surface area contributed by atoms with E-state index in [-0.39, 0.29) is 18.5 Å². The van der Waals surface area contributed by atoms with Gasteiger partial charge in [-0.15, -0.1) is 0 Å². The second-order valence-corrected chi connectivity index (χ2v) is 15.4. The second kappa shape index (κ2) is 41.4. The van der Waals surface area contributed by atoms with Crippen LogP contribution in [0.25, 0.3) is 0 Å². The predicted octanol–water partition coefficient (Wildman–Crippen LogP) is 12.6. The van der Waals surface area contributed by atoms with Crippen LogP contribution in [-0.4, -0.2) is 47.4 Å².